The van der Waals surface area contributed by atoms with Gasteiger partial charge in [0.25, 0.3) is 0 Å². The fourth-order valence-corrected chi connectivity index (χ4v) is 3.01. The van der Waals surface area contributed by atoms with Crippen molar-refractivity contribution < 1.29 is 4.39 Å². The Hall–Kier alpha value is -1.84. The van der Waals surface area contributed by atoms with Gasteiger partial charge in [0.2, 0.25) is 0 Å². The van der Waals surface area contributed by atoms with Crippen LogP contribution in [-0.4, -0.2) is 36.4 Å². The van der Waals surface area contributed by atoms with E-state index in [-0.39, 0.29) is 5.82 Å². The smallest absolute Gasteiger partial charge is 0.128 e. The number of benzene rings is 1. The first-order valence-electron chi connectivity index (χ1n) is 9.76. The summed E-state index contributed by atoms with van der Waals surface area (Å²) in [6.07, 6.45) is 5.55. The third-order valence-corrected chi connectivity index (χ3v) is 5.35. The van der Waals surface area contributed by atoms with E-state index in [1.165, 1.54) is 31.4 Å². The lowest BCUT2D eigenvalue weighted by molar-refractivity contribution is 0.217. The molecule has 3 nitrogen and oxygen atoms in total. The summed E-state index contributed by atoms with van der Waals surface area (Å²) >= 11 is 0. The van der Waals surface area contributed by atoms with Gasteiger partial charge in [0, 0.05) is 18.7 Å². The van der Waals surface area contributed by atoms with Gasteiger partial charge in [-0.2, -0.15) is 0 Å². The van der Waals surface area contributed by atoms with E-state index in [2.05, 4.69) is 49.5 Å². The molecule has 1 N–H and O–H groups in total. The number of likely N-dealkylation sites (tertiary alicyclic amines) is 1. The lowest BCUT2D eigenvalue weighted by atomic mass is 9.90. The van der Waals surface area contributed by atoms with Gasteiger partial charge < -0.3 is 10.2 Å². The van der Waals surface area contributed by atoms with Crippen LogP contribution in [0.4, 0.5) is 4.39 Å². The molecule has 1 aromatic rings. The second-order valence-corrected chi connectivity index (χ2v) is 8.42. The summed E-state index contributed by atoms with van der Waals surface area (Å²) in [5, 5.41) is 3.51. The molecule has 0 spiro atoms. The Balaban J connectivity index is 0.000000352. The molecule has 0 saturated carbocycles. The lowest BCUT2D eigenvalue weighted by Crippen LogP contribution is -2.42. The monoisotopic (exact) mass is 359 g/mol. The summed E-state index contributed by atoms with van der Waals surface area (Å²) in [6, 6.07) is 6.94. The van der Waals surface area contributed by atoms with Gasteiger partial charge in [-0.25, -0.2) is 4.39 Å². The van der Waals surface area contributed by atoms with Crippen LogP contribution in [0.25, 0.3) is 0 Å². The Morgan fingerprint density at radius 2 is 1.81 bits per heavy atom. The van der Waals surface area contributed by atoms with E-state index in [1.807, 2.05) is 6.20 Å². The quantitative estimate of drug-likeness (QED) is 0.836. The maximum atomic E-state index is 12.9. The molecule has 1 saturated heterocycles. The number of aliphatic imine (C=N–C) groups is 1. The average Bonchev–Trinajstić information content (AvgIpc) is 3.12. The van der Waals surface area contributed by atoms with E-state index in [4.69, 9.17) is 0 Å². The Kier molecular flexibility index (Phi) is 7.24. The van der Waals surface area contributed by atoms with Gasteiger partial charge in [-0.1, -0.05) is 40.7 Å². The fourth-order valence-electron chi connectivity index (χ4n) is 3.01. The summed E-state index contributed by atoms with van der Waals surface area (Å²) in [4.78, 5) is 6.85. The molecule has 0 amide bonds. The first-order chi connectivity index (χ1) is 12.3. The molecule has 1 atom stereocenters. The van der Waals surface area contributed by atoms with E-state index in [1.54, 1.807) is 12.1 Å². The van der Waals surface area contributed by atoms with Crippen molar-refractivity contribution >= 4 is 5.84 Å². The van der Waals surface area contributed by atoms with Crippen LogP contribution in [0, 0.1) is 17.2 Å². The summed E-state index contributed by atoms with van der Waals surface area (Å²) in [5.41, 5.74) is 1.51. The molecule has 26 heavy (non-hydrogen) atoms. The van der Waals surface area contributed by atoms with Crippen molar-refractivity contribution in [3.05, 3.63) is 48.4 Å². The Bertz CT molecular complexity index is 593. The highest BCUT2D eigenvalue weighted by molar-refractivity contribution is 6.00. The fraction of sp³-hybridized carbons (Fsp3) is 0.591. The van der Waals surface area contributed by atoms with Crippen LogP contribution >= 0.6 is 0 Å². The van der Waals surface area contributed by atoms with Gasteiger partial charge >= 0.3 is 0 Å². The van der Waals surface area contributed by atoms with Crippen molar-refractivity contribution in [3.63, 3.8) is 0 Å². The number of amidine groups is 1. The van der Waals surface area contributed by atoms with E-state index >= 15 is 0 Å². The van der Waals surface area contributed by atoms with Gasteiger partial charge in [0.1, 0.15) is 11.7 Å². The van der Waals surface area contributed by atoms with Crippen molar-refractivity contribution in [1.82, 2.24) is 10.2 Å². The third kappa shape index (κ3) is 6.15. The Labute approximate surface area is 158 Å². The molecule has 1 unspecified atom stereocenters. The number of halogens is 1. The molecular weight excluding hydrogens is 325 g/mol. The minimum absolute atomic E-state index is 0.208. The highest BCUT2D eigenvalue weighted by atomic mass is 19.1. The van der Waals surface area contributed by atoms with Crippen molar-refractivity contribution in [3.8, 4) is 0 Å². The number of nitrogens with one attached hydrogen (secondary N) is 1. The van der Waals surface area contributed by atoms with Gasteiger partial charge in [-0.15, -0.1) is 0 Å². The summed E-state index contributed by atoms with van der Waals surface area (Å²) in [5.74, 6) is 1.36. The molecule has 0 bridgehead atoms. The molecule has 0 aromatic heterocycles. The maximum Gasteiger partial charge on any atom is 0.128 e. The number of hydrogen-bond donors (Lipinski definition) is 1. The van der Waals surface area contributed by atoms with Crippen molar-refractivity contribution in [2.45, 2.75) is 53.0 Å². The standard InChI is InChI=1S/C16H20FN3.C6H14/c1-2-20-9-7-12(8-10-20)15-11-18-16(19-15)13-3-5-14(17)6-4-13;1-5-6(2,3)4/h2-6,12,15H,1,7-11H2,(H,18,19);5H2,1-4H3. The molecule has 2 aliphatic heterocycles. The van der Waals surface area contributed by atoms with Gasteiger partial charge in [0.15, 0.2) is 0 Å². The lowest BCUT2D eigenvalue weighted by Gasteiger charge is -2.34. The van der Waals surface area contributed by atoms with Gasteiger partial charge in [-0.3, -0.25) is 4.99 Å². The van der Waals surface area contributed by atoms with Crippen LogP contribution in [-0.2, 0) is 0 Å². The van der Waals surface area contributed by atoms with Crippen molar-refractivity contribution in [1.29, 1.82) is 0 Å². The van der Waals surface area contributed by atoms with E-state index in [0.29, 0.717) is 17.4 Å². The molecule has 1 fully saturated rings. The minimum Gasteiger partial charge on any atom is -0.378 e. The predicted octanol–water partition coefficient (Wildman–Crippen LogP) is 4.84. The highest BCUT2D eigenvalue weighted by Gasteiger charge is 2.29. The zero-order valence-corrected chi connectivity index (χ0v) is 16.8. The molecule has 0 radical (unpaired) electrons. The van der Waals surface area contributed by atoms with Crippen LogP contribution in [0.15, 0.2) is 42.0 Å². The first kappa shape index (κ1) is 20.5. The van der Waals surface area contributed by atoms with Crippen LogP contribution < -0.4 is 5.32 Å². The van der Waals surface area contributed by atoms with E-state index in [0.717, 1.165) is 31.0 Å². The number of hydrogen-bond acceptors (Lipinski definition) is 3. The molecule has 2 aliphatic rings. The molecule has 1 aromatic carbocycles. The van der Waals surface area contributed by atoms with Crippen LogP contribution in [0.3, 0.4) is 0 Å². The SMILES string of the molecule is C=CN1CCC(C2CN=C(c3ccc(F)cc3)N2)CC1.CCC(C)(C)C. The van der Waals surface area contributed by atoms with Crippen LogP contribution in [0.1, 0.15) is 52.5 Å². The summed E-state index contributed by atoms with van der Waals surface area (Å²) < 4.78 is 12.9. The number of rotatable bonds is 3. The van der Waals surface area contributed by atoms with E-state index < -0.39 is 0 Å². The minimum atomic E-state index is -0.208. The molecule has 3 rings (SSSR count). The first-order valence-corrected chi connectivity index (χ1v) is 9.76. The normalized spacial score (nSPS) is 20.7. The summed E-state index contributed by atoms with van der Waals surface area (Å²) in [7, 11) is 0. The van der Waals surface area contributed by atoms with Crippen LogP contribution in [0.5, 0.6) is 0 Å². The molecule has 0 aliphatic carbocycles. The number of piperidine rings is 1. The molecule has 144 valence electrons. The van der Waals surface area contributed by atoms with Gasteiger partial charge in [0.05, 0.1) is 12.6 Å². The third-order valence-electron chi connectivity index (χ3n) is 5.35. The molecular formula is C22H34FN3. The second kappa shape index (κ2) is 9.20. The van der Waals surface area contributed by atoms with Crippen LogP contribution in [0.2, 0.25) is 0 Å². The highest BCUT2D eigenvalue weighted by Crippen LogP contribution is 2.23. The van der Waals surface area contributed by atoms with Crippen molar-refractivity contribution in [2.75, 3.05) is 19.6 Å². The average molecular weight is 360 g/mol. The van der Waals surface area contributed by atoms with Gasteiger partial charge in [-0.05, 0) is 54.6 Å². The zero-order chi connectivity index (χ0) is 19.2. The topological polar surface area (TPSA) is 27.6 Å². The predicted molar refractivity (Wildman–Crippen MR) is 109 cm³/mol. The molecule has 2 heterocycles. The Morgan fingerprint density at radius 1 is 1.23 bits per heavy atom. The second-order valence-electron chi connectivity index (χ2n) is 8.42. The summed E-state index contributed by atoms with van der Waals surface area (Å²) in [6.45, 7) is 15.7. The largest absolute Gasteiger partial charge is 0.378 e. The van der Waals surface area contributed by atoms with Crippen molar-refractivity contribution in [2.24, 2.45) is 16.3 Å². The maximum absolute atomic E-state index is 12.9. The Morgan fingerprint density at radius 3 is 2.31 bits per heavy atom. The zero-order valence-electron chi connectivity index (χ0n) is 16.8. The molecule has 4 heteroatoms. The number of nitrogens with zero attached hydrogens (tertiary/aromatic N) is 2. The van der Waals surface area contributed by atoms with E-state index in [9.17, 15) is 4.39 Å².